The van der Waals surface area contributed by atoms with Crippen molar-refractivity contribution in [2.24, 2.45) is 0 Å². The third-order valence-corrected chi connectivity index (χ3v) is 7.51. The number of hydrogen-bond acceptors (Lipinski definition) is 6. The van der Waals surface area contributed by atoms with Crippen LogP contribution < -0.4 is 9.80 Å². The lowest BCUT2D eigenvalue weighted by atomic mass is 9.96. The highest BCUT2D eigenvalue weighted by Crippen LogP contribution is 2.37. The van der Waals surface area contributed by atoms with Gasteiger partial charge in [0.2, 0.25) is 5.91 Å². The molecule has 182 valence electrons. The molecule has 2 aromatic heterocycles. The molecule has 8 heteroatoms. The minimum Gasteiger partial charge on any atom is -0.372 e. The number of hydrogen-bond donors (Lipinski definition) is 0. The Bertz CT molecular complexity index is 1160. The van der Waals surface area contributed by atoms with Crippen LogP contribution in [-0.2, 0) is 11.2 Å². The number of likely N-dealkylation sites (N-methyl/N-ethyl adjacent to an activating group) is 1. The van der Waals surface area contributed by atoms with Gasteiger partial charge >= 0.3 is 0 Å². The highest BCUT2D eigenvalue weighted by molar-refractivity contribution is 6.30. The van der Waals surface area contributed by atoms with Crippen molar-refractivity contribution < 1.29 is 4.79 Å². The molecule has 1 amide bonds. The van der Waals surface area contributed by atoms with Crippen molar-refractivity contribution in [3.63, 3.8) is 0 Å². The first-order chi connectivity index (χ1) is 17.0. The number of piperazine rings is 1. The molecular formula is C27H31ClN6O. The third kappa shape index (κ3) is 4.96. The Morgan fingerprint density at radius 3 is 2.63 bits per heavy atom. The van der Waals surface area contributed by atoms with Crippen molar-refractivity contribution in [1.82, 2.24) is 19.9 Å². The van der Waals surface area contributed by atoms with Gasteiger partial charge in [0, 0.05) is 62.2 Å². The first kappa shape index (κ1) is 23.5. The van der Waals surface area contributed by atoms with Crippen LogP contribution in [0, 0.1) is 0 Å². The van der Waals surface area contributed by atoms with Crippen molar-refractivity contribution in [3.8, 4) is 0 Å². The second-order valence-corrected chi connectivity index (χ2v) is 9.94. The molecule has 3 aromatic rings. The number of anilines is 2. The monoisotopic (exact) mass is 490 g/mol. The minimum atomic E-state index is -0.299. The van der Waals surface area contributed by atoms with Gasteiger partial charge in [0.05, 0.1) is 17.8 Å². The van der Waals surface area contributed by atoms with Crippen LogP contribution in [0.15, 0.2) is 55.1 Å². The Morgan fingerprint density at radius 1 is 1.14 bits per heavy atom. The van der Waals surface area contributed by atoms with Crippen LogP contribution in [0.3, 0.4) is 0 Å². The van der Waals surface area contributed by atoms with Crippen molar-refractivity contribution in [2.75, 3.05) is 49.6 Å². The second kappa shape index (κ2) is 10.2. The van der Waals surface area contributed by atoms with Gasteiger partial charge in [-0.05, 0) is 48.6 Å². The lowest BCUT2D eigenvalue weighted by molar-refractivity contribution is -0.132. The molecule has 7 nitrogen and oxygen atoms in total. The minimum absolute atomic E-state index is 0.143. The molecule has 2 aliphatic rings. The molecule has 1 fully saturated rings. The van der Waals surface area contributed by atoms with Crippen molar-refractivity contribution in [1.29, 1.82) is 0 Å². The van der Waals surface area contributed by atoms with E-state index in [1.54, 1.807) is 12.5 Å². The Labute approximate surface area is 211 Å². The highest BCUT2D eigenvalue weighted by Gasteiger charge is 2.32. The van der Waals surface area contributed by atoms with Crippen LogP contribution in [0.25, 0.3) is 0 Å². The fourth-order valence-electron chi connectivity index (χ4n) is 5.21. The third-order valence-electron chi connectivity index (χ3n) is 7.26. The van der Waals surface area contributed by atoms with Gasteiger partial charge < -0.3 is 14.7 Å². The van der Waals surface area contributed by atoms with E-state index in [0.29, 0.717) is 30.6 Å². The predicted octanol–water partition coefficient (Wildman–Crippen LogP) is 4.14. The fourth-order valence-corrected chi connectivity index (χ4v) is 5.34. The summed E-state index contributed by atoms with van der Waals surface area (Å²) in [7, 11) is 2.00. The number of benzene rings is 1. The Morgan fingerprint density at radius 2 is 1.91 bits per heavy atom. The summed E-state index contributed by atoms with van der Waals surface area (Å²) in [6, 6.07) is 11.6. The molecule has 5 rings (SSSR count). The van der Waals surface area contributed by atoms with E-state index in [0.717, 1.165) is 43.0 Å². The average Bonchev–Trinajstić information content (AvgIpc) is 3.29. The van der Waals surface area contributed by atoms with Gasteiger partial charge in [-0.1, -0.05) is 30.7 Å². The van der Waals surface area contributed by atoms with E-state index in [4.69, 9.17) is 11.6 Å². The second-order valence-electron chi connectivity index (χ2n) is 9.51. The zero-order valence-electron chi connectivity index (χ0n) is 20.3. The van der Waals surface area contributed by atoms with E-state index in [9.17, 15) is 4.79 Å². The molecule has 1 aromatic carbocycles. The molecule has 2 atom stereocenters. The summed E-state index contributed by atoms with van der Waals surface area (Å²) in [6.45, 7) is 5.71. The van der Waals surface area contributed by atoms with E-state index in [2.05, 4.69) is 31.7 Å². The van der Waals surface area contributed by atoms with Crippen molar-refractivity contribution in [2.45, 2.75) is 31.6 Å². The summed E-state index contributed by atoms with van der Waals surface area (Å²) in [6.07, 6.45) is 7.43. The van der Waals surface area contributed by atoms with Gasteiger partial charge in [0.15, 0.2) is 0 Å². The maximum atomic E-state index is 13.8. The number of nitrogens with zero attached hydrogens (tertiary/aromatic N) is 6. The van der Waals surface area contributed by atoms with Crippen LogP contribution in [0.4, 0.5) is 11.5 Å². The fraction of sp³-hybridized carbons (Fsp3) is 0.407. The molecule has 0 radical (unpaired) electrons. The maximum Gasteiger partial charge on any atom is 0.232 e. The molecule has 1 aliphatic carbocycles. The number of amides is 1. The van der Waals surface area contributed by atoms with E-state index in [1.165, 1.54) is 11.3 Å². The van der Waals surface area contributed by atoms with E-state index in [-0.39, 0.29) is 11.8 Å². The summed E-state index contributed by atoms with van der Waals surface area (Å²) in [5.74, 6) is 1.38. The molecular weight excluding hydrogens is 460 g/mol. The quantitative estimate of drug-likeness (QED) is 0.517. The van der Waals surface area contributed by atoms with Crippen LogP contribution in [0.1, 0.15) is 42.0 Å². The molecule has 0 spiro atoms. The first-order valence-corrected chi connectivity index (χ1v) is 12.6. The van der Waals surface area contributed by atoms with Crippen LogP contribution in [0.2, 0.25) is 5.02 Å². The van der Waals surface area contributed by atoms with Crippen LogP contribution in [-0.4, -0.2) is 65.5 Å². The molecule has 0 N–H and O–H groups in total. The number of halogens is 1. The Balaban J connectivity index is 1.32. The van der Waals surface area contributed by atoms with E-state index < -0.39 is 0 Å². The first-order valence-electron chi connectivity index (χ1n) is 12.3. The lowest BCUT2D eigenvalue weighted by Gasteiger charge is -2.38. The highest BCUT2D eigenvalue weighted by atomic mass is 35.5. The average molecular weight is 491 g/mol. The van der Waals surface area contributed by atoms with Gasteiger partial charge in [-0.25, -0.2) is 9.97 Å². The van der Waals surface area contributed by atoms with Gasteiger partial charge in [-0.3, -0.25) is 9.78 Å². The zero-order chi connectivity index (χ0) is 24.4. The predicted molar refractivity (Wildman–Crippen MR) is 139 cm³/mol. The smallest absolute Gasteiger partial charge is 0.232 e. The standard InChI is InChI=1S/C27H31ClN6O/c1-19-5-10-24-25(19)26(31-18-30-24)33-12-14-34(15-13-33)27(35)23(20-6-8-21(28)9-7-20)17-32(2)22-4-3-11-29-16-22/h3-4,6-9,11,16,18-19,23H,5,10,12-15,17H2,1-2H3/t19-,23?/m1/s1. The number of rotatable bonds is 6. The van der Waals surface area contributed by atoms with Crippen LogP contribution in [0.5, 0.6) is 0 Å². The summed E-state index contributed by atoms with van der Waals surface area (Å²) >= 11 is 6.14. The molecule has 1 saturated heterocycles. The normalized spacial score (nSPS) is 18.3. The Kier molecular flexibility index (Phi) is 6.86. The number of aromatic nitrogens is 3. The van der Waals surface area contributed by atoms with Gasteiger partial charge in [0.1, 0.15) is 12.1 Å². The summed E-state index contributed by atoms with van der Waals surface area (Å²) in [4.78, 5) is 33.6. The molecule has 1 aliphatic heterocycles. The lowest BCUT2D eigenvalue weighted by Crippen LogP contribution is -2.51. The van der Waals surface area contributed by atoms with E-state index >= 15 is 0 Å². The topological polar surface area (TPSA) is 65.5 Å². The zero-order valence-corrected chi connectivity index (χ0v) is 21.0. The SMILES string of the molecule is C[C@@H]1CCc2ncnc(N3CCN(C(=O)C(CN(C)c4cccnc4)c4ccc(Cl)cc4)CC3)c21. The van der Waals surface area contributed by atoms with Crippen LogP contribution >= 0.6 is 11.6 Å². The van der Waals surface area contributed by atoms with Gasteiger partial charge in [-0.15, -0.1) is 0 Å². The number of fused-ring (bicyclic) bond motifs is 1. The number of carbonyl (C=O) groups is 1. The number of aryl methyl sites for hydroxylation is 1. The number of pyridine rings is 1. The Hall–Kier alpha value is -3.19. The molecule has 0 saturated carbocycles. The largest absolute Gasteiger partial charge is 0.372 e. The molecule has 3 heterocycles. The molecule has 1 unspecified atom stereocenters. The summed E-state index contributed by atoms with van der Waals surface area (Å²) in [5.41, 5.74) is 4.43. The van der Waals surface area contributed by atoms with Gasteiger partial charge in [-0.2, -0.15) is 0 Å². The van der Waals surface area contributed by atoms with Gasteiger partial charge in [0.25, 0.3) is 0 Å². The summed E-state index contributed by atoms with van der Waals surface area (Å²) in [5, 5.41) is 0.667. The van der Waals surface area contributed by atoms with Crippen molar-refractivity contribution in [3.05, 3.63) is 77.0 Å². The number of carbonyl (C=O) groups excluding carboxylic acids is 1. The maximum absolute atomic E-state index is 13.8. The van der Waals surface area contributed by atoms with Crippen molar-refractivity contribution >= 4 is 29.0 Å². The summed E-state index contributed by atoms with van der Waals surface area (Å²) < 4.78 is 0. The molecule has 0 bridgehead atoms. The van der Waals surface area contributed by atoms with E-state index in [1.807, 2.05) is 54.5 Å². The molecule has 35 heavy (non-hydrogen) atoms.